The van der Waals surface area contributed by atoms with Crippen LogP contribution in [0.3, 0.4) is 0 Å². The minimum atomic E-state index is -0.298. The van der Waals surface area contributed by atoms with E-state index in [2.05, 4.69) is 10.6 Å². The van der Waals surface area contributed by atoms with Crippen molar-refractivity contribution in [3.63, 3.8) is 0 Å². The Labute approximate surface area is 112 Å². The molecular formula is C14H18N2O3. The van der Waals surface area contributed by atoms with Crippen molar-refractivity contribution in [1.82, 2.24) is 5.32 Å². The first-order valence-electron chi connectivity index (χ1n) is 6.72. The number of benzene rings is 1. The molecular weight excluding hydrogens is 244 g/mol. The van der Waals surface area contributed by atoms with Gasteiger partial charge in [-0.05, 0) is 31.0 Å². The second kappa shape index (κ2) is 5.59. The zero-order valence-corrected chi connectivity index (χ0v) is 10.8. The van der Waals surface area contributed by atoms with Crippen LogP contribution in [-0.2, 0) is 16.1 Å². The number of amides is 1. The van der Waals surface area contributed by atoms with Crippen molar-refractivity contribution < 1.29 is 14.3 Å². The van der Waals surface area contributed by atoms with Gasteiger partial charge in [-0.1, -0.05) is 0 Å². The number of carbonyl (C=O) groups is 1. The van der Waals surface area contributed by atoms with E-state index >= 15 is 0 Å². The number of carbonyl (C=O) groups excluding carboxylic acids is 1. The van der Waals surface area contributed by atoms with Crippen LogP contribution in [0.2, 0.25) is 0 Å². The van der Waals surface area contributed by atoms with E-state index in [1.807, 2.05) is 18.2 Å². The van der Waals surface area contributed by atoms with Crippen LogP contribution in [0.4, 0.5) is 5.69 Å². The number of ether oxygens (including phenoxy) is 2. The van der Waals surface area contributed by atoms with Crippen LogP contribution in [0.15, 0.2) is 18.2 Å². The molecule has 1 fully saturated rings. The molecule has 0 saturated carbocycles. The minimum Gasteiger partial charge on any atom is -0.492 e. The fourth-order valence-electron chi connectivity index (χ4n) is 2.40. The lowest BCUT2D eigenvalue weighted by Gasteiger charge is -2.12. The van der Waals surface area contributed by atoms with Gasteiger partial charge in [0, 0.05) is 30.9 Å². The van der Waals surface area contributed by atoms with Crippen LogP contribution in [-0.4, -0.2) is 31.8 Å². The molecule has 3 rings (SSSR count). The molecule has 5 nitrogen and oxygen atoms in total. The molecule has 5 heteroatoms. The highest BCUT2D eigenvalue weighted by molar-refractivity contribution is 5.94. The number of hydrogen-bond donors (Lipinski definition) is 2. The Kier molecular flexibility index (Phi) is 3.66. The molecule has 0 radical (unpaired) electrons. The third kappa shape index (κ3) is 2.88. The molecule has 2 aliphatic heterocycles. The number of anilines is 1. The van der Waals surface area contributed by atoms with Gasteiger partial charge in [0.1, 0.15) is 18.5 Å². The lowest BCUT2D eigenvalue weighted by molar-refractivity contribution is -0.124. The molecule has 1 aromatic carbocycles. The predicted octanol–water partition coefficient (Wildman–Crippen LogP) is 1.29. The van der Waals surface area contributed by atoms with Crippen molar-refractivity contribution in [3.8, 4) is 5.75 Å². The molecule has 102 valence electrons. The summed E-state index contributed by atoms with van der Waals surface area (Å²) in [7, 11) is 0. The van der Waals surface area contributed by atoms with Crippen molar-refractivity contribution in [2.24, 2.45) is 0 Å². The zero-order chi connectivity index (χ0) is 13.1. The third-order valence-corrected chi connectivity index (χ3v) is 3.40. The largest absolute Gasteiger partial charge is 0.492 e. The van der Waals surface area contributed by atoms with Crippen LogP contribution in [0.1, 0.15) is 18.4 Å². The van der Waals surface area contributed by atoms with E-state index < -0.39 is 0 Å². The van der Waals surface area contributed by atoms with Gasteiger partial charge in [0.2, 0.25) is 0 Å². The Bertz CT molecular complexity index is 470. The molecule has 0 bridgehead atoms. The van der Waals surface area contributed by atoms with Crippen molar-refractivity contribution in [2.45, 2.75) is 25.5 Å². The normalized spacial score (nSPS) is 22.2. The average Bonchev–Trinajstić information content (AvgIpc) is 2.85. The van der Waals surface area contributed by atoms with Crippen LogP contribution >= 0.6 is 0 Å². The molecule has 2 N–H and O–H groups in total. The van der Waals surface area contributed by atoms with Gasteiger partial charge in [0.25, 0.3) is 5.91 Å². The summed E-state index contributed by atoms with van der Waals surface area (Å²) in [5.41, 5.74) is 1.87. The van der Waals surface area contributed by atoms with Gasteiger partial charge in [0.15, 0.2) is 0 Å². The summed E-state index contributed by atoms with van der Waals surface area (Å²) in [6, 6.07) is 5.74. The maximum absolute atomic E-state index is 12.0. The van der Waals surface area contributed by atoms with Crippen molar-refractivity contribution in [2.75, 3.05) is 25.1 Å². The van der Waals surface area contributed by atoms with Gasteiger partial charge >= 0.3 is 0 Å². The number of rotatable bonds is 2. The molecule has 1 atom stereocenters. The zero-order valence-electron chi connectivity index (χ0n) is 10.8. The Morgan fingerprint density at radius 2 is 2.32 bits per heavy atom. The van der Waals surface area contributed by atoms with Crippen LogP contribution in [0.5, 0.6) is 5.75 Å². The second-order valence-electron chi connectivity index (χ2n) is 4.84. The van der Waals surface area contributed by atoms with E-state index in [-0.39, 0.29) is 12.0 Å². The summed E-state index contributed by atoms with van der Waals surface area (Å²) in [4.78, 5) is 12.0. The molecule has 1 unspecified atom stereocenters. The Hall–Kier alpha value is -1.59. The summed E-state index contributed by atoms with van der Waals surface area (Å²) < 4.78 is 11.0. The lowest BCUT2D eigenvalue weighted by atomic mass is 10.1. The first kappa shape index (κ1) is 12.4. The van der Waals surface area contributed by atoms with E-state index in [4.69, 9.17) is 9.47 Å². The number of hydrogen-bond acceptors (Lipinski definition) is 4. The fourth-order valence-corrected chi connectivity index (χ4v) is 2.40. The van der Waals surface area contributed by atoms with E-state index in [1.165, 1.54) is 0 Å². The average molecular weight is 262 g/mol. The quantitative estimate of drug-likeness (QED) is 0.843. The third-order valence-electron chi connectivity index (χ3n) is 3.40. The lowest BCUT2D eigenvalue weighted by Crippen LogP contribution is -2.26. The molecule has 0 aromatic heterocycles. The molecule has 1 aromatic rings. The summed E-state index contributed by atoms with van der Waals surface area (Å²) >= 11 is 0. The topological polar surface area (TPSA) is 59.6 Å². The van der Waals surface area contributed by atoms with Gasteiger partial charge in [-0.25, -0.2) is 0 Å². The highest BCUT2D eigenvalue weighted by atomic mass is 16.5. The standard InChI is InChI=1S/C14H18N2O3/c17-14(13-2-1-6-18-13)16-11-3-4-12-10(8-11)9-15-5-7-19-12/h3-4,8,13,15H,1-2,5-7,9H2,(H,16,17). The van der Waals surface area contributed by atoms with Gasteiger partial charge in [-0.15, -0.1) is 0 Å². The SMILES string of the molecule is O=C(Nc1ccc2c(c1)CNCCO2)C1CCCO1. The summed E-state index contributed by atoms with van der Waals surface area (Å²) in [5, 5.41) is 6.18. The van der Waals surface area contributed by atoms with Crippen molar-refractivity contribution in [3.05, 3.63) is 23.8 Å². The molecule has 0 spiro atoms. The van der Waals surface area contributed by atoms with Crippen molar-refractivity contribution >= 4 is 11.6 Å². The summed E-state index contributed by atoms with van der Waals surface area (Å²) in [5.74, 6) is 0.833. The van der Waals surface area contributed by atoms with Gasteiger partial charge < -0.3 is 20.1 Å². The fraction of sp³-hybridized carbons (Fsp3) is 0.500. The van der Waals surface area contributed by atoms with Crippen LogP contribution < -0.4 is 15.4 Å². The Morgan fingerprint density at radius 3 is 3.16 bits per heavy atom. The summed E-state index contributed by atoms with van der Waals surface area (Å²) in [6.45, 7) is 2.96. The maximum atomic E-state index is 12.0. The molecule has 19 heavy (non-hydrogen) atoms. The van der Waals surface area contributed by atoms with Gasteiger partial charge in [-0.3, -0.25) is 4.79 Å². The van der Waals surface area contributed by atoms with Crippen LogP contribution in [0.25, 0.3) is 0 Å². The van der Waals surface area contributed by atoms with E-state index in [1.54, 1.807) is 0 Å². The Balaban J connectivity index is 1.71. The molecule has 1 amide bonds. The summed E-state index contributed by atoms with van der Waals surface area (Å²) in [6.07, 6.45) is 1.47. The minimum absolute atomic E-state index is 0.0556. The highest BCUT2D eigenvalue weighted by Gasteiger charge is 2.23. The number of nitrogens with one attached hydrogen (secondary N) is 2. The van der Waals surface area contributed by atoms with Gasteiger partial charge in [-0.2, -0.15) is 0 Å². The van der Waals surface area contributed by atoms with E-state index in [0.717, 1.165) is 42.9 Å². The first-order valence-corrected chi connectivity index (χ1v) is 6.72. The van der Waals surface area contributed by atoms with E-state index in [9.17, 15) is 4.79 Å². The highest BCUT2D eigenvalue weighted by Crippen LogP contribution is 2.24. The maximum Gasteiger partial charge on any atom is 0.253 e. The molecule has 0 aliphatic carbocycles. The molecule has 2 aliphatic rings. The molecule has 2 heterocycles. The van der Waals surface area contributed by atoms with E-state index in [0.29, 0.717) is 13.2 Å². The number of fused-ring (bicyclic) bond motifs is 1. The van der Waals surface area contributed by atoms with Gasteiger partial charge in [0.05, 0.1) is 0 Å². The van der Waals surface area contributed by atoms with Crippen LogP contribution in [0, 0.1) is 0 Å². The molecule has 1 saturated heterocycles. The second-order valence-corrected chi connectivity index (χ2v) is 4.84. The smallest absolute Gasteiger partial charge is 0.253 e. The predicted molar refractivity (Wildman–Crippen MR) is 71.2 cm³/mol. The first-order chi connectivity index (χ1) is 9.33. The van der Waals surface area contributed by atoms with Crippen molar-refractivity contribution in [1.29, 1.82) is 0 Å². The Morgan fingerprint density at radius 1 is 1.37 bits per heavy atom. The monoisotopic (exact) mass is 262 g/mol.